The smallest absolute Gasteiger partial charge is 0.321 e. The Hall–Kier alpha value is -4.74. The third kappa shape index (κ3) is 4.05. The van der Waals surface area contributed by atoms with Gasteiger partial charge in [0, 0.05) is 57.9 Å². The minimum Gasteiger partial charge on any atom is -0.366 e. The van der Waals surface area contributed by atoms with Gasteiger partial charge < -0.3 is 25.4 Å². The second kappa shape index (κ2) is 8.56. The molecule has 178 valence electrons. The van der Waals surface area contributed by atoms with Crippen molar-refractivity contribution in [1.29, 1.82) is 0 Å². The lowest BCUT2D eigenvalue weighted by molar-refractivity contribution is 0.0829. The fraction of sp³-hybridized carbons (Fsp3) is 0.217. The number of imidazole rings is 1. The minimum absolute atomic E-state index is 0.155. The third-order valence-electron chi connectivity index (χ3n) is 5.58. The van der Waals surface area contributed by atoms with Gasteiger partial charge in [-0.05, 0) is 23.8 Å². The molecule has 2 aliphatic rings. The molecule has 0 saturated heterocycles. The van der Waals surface area contributed by atoms with Gasteiger partial charge >= 0.3 is 6.03 Å². The number of H-pyrrole nitrogens is 1. The first-order valence-corrected chi connectivity index (χ1v) is 10.8. The summed E-state index contributed by atoms with van der Waals surface area (Å²) in [6.45, 7) is 0. The average molecular weight is 473 g/mol. The van der Waals surface area contributed by atoms with Crippen LogP contribution in [0.5, 0.6) is 0 Å². The van der Waals surface area contributed by atoms with E-state index in [0.29, 0.717) is 34.0 Å². The Balaban J connectivity index is 1.47. The number of carbonyl (C=O) groups is 2. The fourth-order valence-electron chi connectivity index (χ4n) is 3.75. The topological polar surface area (TPSA) is 144 Å². The normalized spacial score (nSPS) is 16.3. The first-order valence-electron chi connectivity index (χ1n) is 10.8. The monoisotopic (exact) mass is 472 g/mol. The molecule has 5 heterocycles. The van der Waals surface area contributed by atoms with E-state index in [9.17, 15) is 9.59 Å². The molecule has 3 amide bonds. The van der Waals surface area contributed by atoms with Crippen LogP contribution in [0.1, 0.15) is 21.7 Å². The van der Waals surface area contributed by atoms with E-state index in [2.05, 4.69) is 41.1 Å². The van der Waals surface area contributed by atoms with Crippen LogP contribution in [0.25, 0.3) is 16.7 Å². The molecule has 2 aliphatic heterocycles. The molecule has 0 spiro atoms. The van der Waals surface area contributed by atoms with Crippen LogP contribution in [-0.2, 0) is 0 Å². The first kappa shape index (κ1) is 22.1. The van der Waals surface area contributed by atoms with E-state index in [-0.39, 0.29) is 18.1 Å². The largest absolute Gasteiger partial charge is 0.366 e. The summed E-state index contributed by atoms with van der Waals surface area (Å²) in [7, 11) is 6.73. The number of aromatic amines is 1. The van der Waals surface area contributed by atoms with Gasteiger partial charge in [0.15, 0.2) is 11.5 Å². The number of hydrogen-bond acceptors (Lipinski definition) is 8. The Morgan fingerprint density at radius 1 is 1.11 bits per heavy atom. The van der Waals surface area contributed by atoms with Crippen LogP contribution in [0.3, 0.4) is 0 Å². The molecular weight excluding hydrogens is 448 g/mol. The maximum absolute atomic E-state index is 12.6. The predicted molar refractivity (Wildman–Crippen MR) is 132 cm³/mol. The van der Waals surface area contributed by atoms with Gasteiger partial charge in [-0.25, -0.2) is 14.8 Å². The summed E-state index contributed by atoms with van der Waals surface area (Å²) >= 11 is 0. The Morgan fingerprint density at radius 3 is 2.71 bits per heavy atom. The van der Waals surface area contributed by atoms with Gasteiger partial charge in [0.25, 0.3) is 5.91 Å². The van der Waals surface area contributed by atoms with Crippen LogP contribution in [0.4, 0.5) is 10.5 Å². The summed E-state index contributed by atoms with van der Waals surface area (Å²) in [5.74, 6) is 0.346. The van der Waals surface area contributed by atoms with Crippen molar-refractivity contribution in [3.63, 3.8) is 0 Å². The molecule has 12 nitrogen and oxygen atoms in total. The highest BCUT2D eigenvalue weighted by molar-refractivity contribution is 6.15. The zero-order valence-corrected chi connectivity index (χ0v) is 19.6. The summed E-state index contributed by atoms with van der Waals surface area (Å²) in [5.41, 5.74) is 8.25. The third-order valence-corrected chi connectivity index (χ3v) is 5.58. The van der Waals surface area contributed by atoms with E-state index in [1.165, 1.54) is 9.80 Å². The maximum atomic E-state index is 12.6. The molecule has 1 unspecified atom stereocenters. The number of nitrogens with one attached hydrogen (secondary N) is 4. The molecule has 0 aromatic carbocycles. The lowest BCUT2D eigenvalue weighted by atomic mass is 9.98. The quantitative estimate of drug-likeness (QED) is 0.449. The van der Waals surface area contributed by atoms with Crippen molar-refractivity contribution in [2.45, 2.75) is 6.17 Å². The molecule has 0 aliphatic carbocycles. The lowest BCUT2D eigenvalue weighted by Crippen LogP contribution is -2.37. The fourth-order valence-corrected chi connectivity index (χ4v) is 3.75. The zero-order chi connectivity index (χ0) is 24.7. The Morgan fingerprint density at radius 2 is 1.94 bits per heavy atom. The Kier molecular flexibility index (Phi) is 5.40. The lowest BCUT2D eigenvalue weighted by Gasteiger charge is -2.20. The highest BCUT2D eigenvalue weighted by Crippen LogP contribution is 2.28. The second-order valence-electron chi connectivity index (χ2n) is 8.52. The summed E-state index contributed by atoms with van der Waals surface area (Å²) < 4.78 is 0. The number of amides is 3. The van der Waals surface area contributed by atoms with Crippen LogP contribution in [-0.4, -0.2) is 81.7 Å². The number of rotatable bonds is 4. The standard InChI is InChI=1S/C23H24N10O2/c1-32(2)22(34)15-5-6-25-20-17(15)28-21(29-20)18-16-8-13(10-26-19(16)31-30-18)12-7-14(11-24-9-12)27-23(35)33(3)4/h5-11,19,26,31H,1-4H3,(H,27,35)(H,25,28,29). The van der Waals surface area contributed by atoms with Crippen LogP contribution in [0.15, 0.2) is 53.7 Å². The summed E-state index contributed by atoms with van der Waals surface area (Å²) in [4.78, 5) is 44.0. The molecule has 35 heavy (non-hydrogen) atoms. The van der Waals surface area contributed by atoms with Crippen molar-refractivity contribution >= 4 is 40.1 Å². The molecule has 5 rings (SSSR count). The molecule has 0 bridgehead atoms. The highest BCUT2D eigenvalue weighted by Gasteiger charge is 2.31. The molecule has 0 saturated carbocycles. The number of pyridine rings is 2. The number of fused-ring (bicyclic) bond motifs is 2. The van der Waals surface area contributed by atoms with Crippen LogP contribution in [0, 0.1) is 0 Å². The first-order chi connectivity index (χ1) is 16.8. The van der Waals surface area contributed by atoms with Gasteiger partial charge in [-0.3, -0.25) is 15.2 Å². The van der Waals surface area contributed by atoms with E-state index >= 15 is 0 Å². The number of urea groups is 1. The second-order valence-corrected chi connectivity index (χ2v) is 8.52. The molecule has 4 N–H and O–H groups in total. The van der Waals surface area contributed by atoms with Crippen LogP contribution >= 0.6 is 0 Å². The van der Waals surface area contributed by atoms with Crippen LogP contribution < -0.4 is 16.1 Å². The number of hydrogen-bond donors (Lipinski definition) is 4. The van der Waals surface area contributed by atoms with Crippen molar-refractivity contribution in [1.82, 2.24) is 40.5 Å². The molecule has 0 fully saturated rings. The van der Waals surface area contributed by atoms with E-state index < -0.39 is 0 Å². The van der Waals surface area contributed by atoms with E-state index in [0.717, 1.165) is 16.7 Å². The number of carbonyl (C=O) groups excluding carboxylic acids is 2. The van der Waals surface area contributed by atoms with Crippen molar-refractivity contribution in [2.75, 3.05) is 33.5 Å². The Labute approximate surface area is 200 Å². The molecule has 3 aromatic rings. The minimum atomic E-state index is -0.238. The highest BCUT2D eigenvalue weighted by atomic mass is 16.2. The number of aromatic nitrogens is 4. The summed E-state index contributed by atoms with van der Waals surface area (Å²) in [6, 6.07) is 3.27. The number of anilines is 1. The molecule has 1 atom stereocenters. The molecular formula is C23H24N10O2. The maximum Gasteiger partial charge on any atom is 0.321 e. The van der Waals surface area contributed by atoms with Crippen molar-refractivity contribution in [3.05, 3.63) is 65.5 Å². The number of hydrazone groups is 1. The predicted octanol–water partition coefficient (Wildman–Crippen LogP) is 1.35. The van der Waals surface area contributed by atoms with Gasteiger partial charge in [-0.2, -0.15) is 5.10 Å². The SMILES string of the molecule is CN(C)C(=O)Nc1cncc(C2=CNC3NN=C(c4nc5c(C(=O)N(C)C)ccnc5[nH]4)C3=C2)c1. The average Bonchev–Trinajstić information content (AvgIpc) is 3.47. The van der Waals surface area contributed by atoms with Crippen molar-refractivity contribution in [2.24, 2.45) is 5.10 Å². The van der Waals surface area contributed by atoms with Gasteiger partial charge in [0.2, 0.25) is 0 Å². The van der Waals surface area contributed by atoms with Gasteiger partial charge in [-0.1, -0.05) is 0 Å². The van der Waals surface area contributed by atoms with Gasteiger partial charge in [0.1, 0.15) is 17.4 Å². The molecule has 0 radical (unpaired) electrons. The van der Waals surface area contributed by atoms with Crippen molar-refractivity contribution in [3.8, 4) is 0 Å². The molecule has 3 aromatic heterocycles. The van der Waals surface area contributed by atoms with E-state index in [1.807, 2.05) is 18.3 Å². The van der Waals surface area contributed by atoms with Crippen LogP contribution in [0.2, 0.25) is 0 Å². The Bertz CT molecular complexity index is 1430. The van der Waals surface area contributed by atoms with E-state index in [4.69, 9.17) is 0 Å². The van der Waals surface area contributed by atoms with Crippen molar-refractivity contribution < 1.29 is 9.59 Å². The number of nitrogens with zero attached hydrogens (tertiary/aromatic N) is 6. The number of dihydropyridines is 1. The summed E-state index contributed by atoms with van der Waals surface area (Å²) in [6.07, 6.45) is 8.51. The molecule has 12 heteroatoms. The summed E-state index contributed by atoms with van der Waals surface area (Å²) in [5, 5.41) is 10.6. The van der Waals surface area contributed by atoms with Gasteiger partial charge in [-0.15, -0.1) is 0 Å². The van der Waals surface area contributed by atoms with E-state index in [1.54, 1.807) is 52.8 Å². The zero-order valence-electron chi connectivity index (χ0n) is 19.6. The van der Waals surface area contributed by atoms with Gasteiger partial charge in [0.05, 0.1) is 17.4 Å². The number of allylic oxidation sites excluding steroid dienone is 2.